The van der Waals surface area contributed by atoms with E-state index in [-0.39, 0.29) is 29.5 Å². The zero-order valence-electron chi connectivity index (χ0n) is 14.5. The van der Waals surface area contributed by atoms with E-state index in [0.717, 1.165) is 37.4 Å². The van der Waals surface area contributed by atoms with Crippen LogP contribution < -0.4 is 5.32 Å². The van der Waals surface area contributed by atoms with E-state index in [9.17, 15) is 0 Å². The van der Waals surface area contributed by atoms with Crippen LogP contribution in [0.25, 0.3) is 0 Å². The fourth-order valence-corrected chi connectivity index (χ4v) is 3.92. The molecule has 3 heterocycles. The fourth-order valence-electron chi connectivity index (χ4n) is 3.92. The number of fused-ring (bicyclic) bond motifs is 5. The first-order chi connectivity index (χ1) is 9.92. The van der Waals surface area contributed by atoms with Crippen molar-refractivity contribution in [3.63, 3.8) is 0 Å². The molecule has 2 bridgehead atoms. The molecule has 0 aromatic rings. The molecule has 4 unspecified atom stereocenters. The summed E-state index contributed by atoms with van der Waals surface area (Å²) in [5, 5.41) is 3.57. The summed E-state index contributed by atoms with van der Waals surface area (Å²) in [4.78, 5) is 9.19. The number of aliphatic imine (C=N–C) groups is 1. The van der Waals surface area contributed by atoms with Crippen molar-refractivity contribution in [1.82, 2.24) is 15.1 Å². The van der Waals surface area contributed by atoms with Crippen LogP contribution in [-0.4, -0.2) is 74.3 Å². The Kier molecular flexibility index (Phi) is 5.65. The smallest absolute Gasteiger partial charge is 0.193 e. The highest BCUT2D eigenvalue weighted by molar-refractivity contribution is 14.0. The second-order valence-electron chi connectivity index (χ2n) is 7.63. The Morgan fingerprint density at radius 2 is 1.77 bits per heavy atom. The number of nitrogens with one attached hydrogen (secondary N) is 1. The highest BCUT2D eigenvalue weighted by Gasteiger charge is 2.53. The van der Waals surface area contributed by atoms with Crippen LogP contribution in [-0.2, 0) is 4.74 Å². The minimum atomic E-state index is 0. The fraction of sp³-hybridized carbons (Fsp3) is 0.938. The molecule has 0 amide bonds. The maximum absolute atomic E-state index is 6.05. The van der Waals surface area contributed by atoms with Crippen molar-refractivity contribution in [2.75, 3.05) is 40.8 Å². The van der Waals surface area contributed by atoms with E-state index in [1.807, 2.05) is 7.05 Å². The van der Waals surface area contributed by atoms with Crippen LogP contribution in [0.1, 0.15) is 26.7 Å². The molecule has 22 heavy (non-hydrogen) atoms. The molecule has 1 N–H and O–H groups in total. The van der Waals surface area contributed by atoms with Crippen molar-refractivity contribution in [1.29, 1.82) is 0 Å². The predicted octanol–water partition coefficient (Wildman–Crippen LogP) is 1.63. The SMILES string of the molecule is CN=C(NCC(C)(C)N(C)C)N1CC2C3CCC(O3)C2C1.I. The van der Waals surface area contributed by atoms with Gasteiger partial charge in [-0.15, -0.1) is 24.0 Å². The lowest BCUT2D eigenvalue weighted by atomic mass is 9.82. The van der Waals surface area contributed by atoms with Gasteiger partial charge in [0.1, 0.15) is 0 Å². The Morgan fingerprint density at radius 1 is 1.23 bits per heavy atom. The normalized spacial score (nSPS) is 34.1. The Labute approximate surface area is 151 Å². The molecule has 3 aliphatic rings. The van der Waals surface area contributed by atoms with Crippen molar-refractivity contribution in [2.24, 2.45) is 16.8 Å². The quantitative estimate of drug-likeness (QED) is 0.427. The number of likely N-dealkylation sites (tertiary alicyclic amines) is 1. The Hall–Kier alpha value is -0.0800. The molecule has 128 valence electrons. The first-order valence-electron chi connectivity index (χ1n) is 8.21. The van der Waals surface area contributed by atoms with Gasteiger partial charge in [0.2, 0.25) is 0 Å². The van der Waals surface area contributed by atoms with Gasteiger partial charge in [0, 0.05) is 44.1 Å². The molecular formula is C16H31IN4O. The van der Waals surface area contributed by atoms with E-state index in [0.29, 0.717) is 12.2 Å². The van der Waals surface area contributed by atoms with E-state index in [1.165, 1.54) is 12.8 Å². The monoisotopic (exact) mass is 422 g/mol. The van der Waals surface area contributed by atoms with E-state index >= 15 is 0 Å². The van der Waals surface area contributed by atoms with Gasteiger partial charge in [0.15, 0.2) is 5.96 Å². The number of likely N-dealkylation sites (N-methyl/N-ethyl adjacent to an activating group) is 1. The molecule has 0 aromatic heterocycles. The van der Waals surface area contributed by atoms with Gasteiger partial charge in [-0.2, -0.15) is 0 Å². The number of hydrogen-bond donors (Lipinski definition) is 1. The van der Waals surface area contributed by atoms with Crippen molar-refractivity contribution in [3.05, 3.63) is 0 Å². The van der Waals surface area contributed by atoms with E-state index in [4.69, 9.17) is 4.74 Å². The third-order valence-corrected chi connectivity index (χ3v) is 5.85. The van der Waals surface area contributed by atoms with Crippen LogP contribution >= 0.6 is 24.0 Å². The average Bonchev–Trinajstić information content (AvgIpc) is 3.11. The topological polar surface area (TPSA) is 40.1 Å². The molecule has 3 saturated heterocycles. The van der Waals surface area contributed by atoms with E-state index in [2.05, 4.69) is 48.1 Å². The molecule has 0 aromatic carbocycles. The zero-order valence-corrected chi connectivity index (χ0v) is 16.8. The second kappa shape index (κ2) is 6.81. The lowest BCUT2D eigenvalue weighted by molar-refractivity contribution is 0.0766. The van der Waals surface area contributed by atoms with Gasteiger partial charge in [-0.25, -0.2) is 0 Å². The molecule has 0 radical (unpaired) electrons. The van der Waals surface area contributed by atoms with Crippen molar-refractivity contribution < 1.29 is 4.74 Å². The summed E-state index contributed by atoms with van der Waals surface area (Å²) in [6.07, 6.45) is 3.56. The van der Waals surface area contributed by atoms with Crippen LogP contribution in [0.5, 0.6) is 0 Å². The van der Waals surface area contributed by atoms with Gasteiger partial charge in [-0.1, -0.05) is 0 Å². The second-order valence-corrected chi connectivity index (χ2v) is 7.63. The first-order valence-corrected chi connectivity index (χ1v) is 8.21. The molecule has 0 spiro atoms. The molecule has 4 atom stereocenters. The maximum Gasteiger partial charge on any atom is 0.193 e. The lowest BCUT2D eigenvalue weighted by Gasteiger charge is -2.34. The highest BCUT2D eigenvalue weighted by Crippen LogP contribution is 2.47. The third-order valence-electron chi connectivity index (χ3n) is 5.85. The average molecular weight is 422 g/mol. The molecule has 3 fully saturated rings. The third kappa shape index (κ3) is 3.24. The molecule has 0 aliphatic carbocycles. The molecular weight excluding hydrogens is 391 g/mol. The standard InChI is InChI=1S/C16H30N4O.HI/c1-16(2,19(4)5)10-18-15(17-3)20-8-11-12(9-20)14-7-6-13(11)21-14;/h11-14H,6-10H2,1-5H3,(H,17,18);1H. The number of hydrogen-bond acceptors (Lipinski definition) is 3. The van der Waals surface area contributed by atoms with Gasteiger partial charge >= 0.3 is 0 Å². The van der Waals surface area contributed by atoms with Crippen LogP contribution in [0.4, 0.5) is 0 Å². The van der Waals surface area contributed by atoms with Crippen molar-refractivity contribution in [2.45, 2.75) is 44.4 Å². The number of rotatable bonds is 3. The van der Waals surface area contributed by atoms with Crippen molar-refractivity contribution >= 4 is 29.9 Å². The summed E-state index contributed by atoms with van der Waals surface area (Å²) in [7, 11) is 6.14. The summed E-state index contributed by atoms with van der Waals surface area (Å²) >= 11 is 0. The lowest BCUT2D eigenvalue weighted by Crippen LogP contribution is -2.51. The zero-order chi connectivity index (χ0) is 15.2. The Morgan fingerprint density at radius 3 is 2.23 bits per heavy atom. The summed E-state index contributed by atoms with van der Waals surface area (Å²) in [5.41, 5.74) is 0.119. The molecule has 3 aliphatic heterocycles. The van der Waals surface area contributed by atoms with Gasteiger partial charge in [0.05, 0.1) is 12.2 Å². The molecule has 5 nitrogen and oxygen atoms in total. The molecule has 6 heteroatoms. The minimum Gasteiger partial charge on any atom is -0.374 e. The predicted molar refractivity (Wildman–Crippen MR) is 101 cm³/mol. The van der Waals surface area contributed by atoms with Crippen LogP contribution in [0, 0.1) is 11.8 Å². The summed E-state index contributed by atoms with van der Waals surface area (Å²) < 4.78 is 6.05. The van der Waals surface area contributed by atoms with Crippen molar-refractivity contribution in [3.8, 4) is 0 Å². The summed E-state index contributed by atoms with van der Waals surface area (Å²) in [5.74, 6) is 2.51. The number of nitrogens with zero attached hydrogens (tertiary/aromatic N) is 3. The Balaban J connectivity index is 0.00000176. The van der Waals surface area contributed by atoms with Gasteiger partial charge in [-0.3, -0.25) is 4.99 Å². The minimum absolute atomic E-state index is 0. The number of guanidine groups is 1. The van der Waals surface area contributed by atoms with Gasteiger partial charge < -0.3 is 19.9 Å². The molecule has 3 rings (SSSR count). The van der Waals surface area contributed by atoms with Crippen LogP contribution in [0.15, 0.2) is 4.99 Å². The van der Waals surface area contributed by atoms with E-state index in [1.54, 1.807) is 0 Å². The van der Waals surface area contributed by atoms with Crippen LogP contribution in [0.3, 0.4) is 0 Å². The molecule has 0 saturated carbocycles. The summed E-state index contributed by atoms with van der Waals surface area (Å²) in [6.45, 7) is 7.61. The van der Waals surface area contributed by atoms with Gasteiger partial charge in [-0.05, 0) is 40.8 Å². The largest absolute Gasteiger partial charge is 0.374 e. The highest BCUT2D eigenvalue weighted by atomic mass is 127. The van der Waals surface area contributed by atoms with Gasteiger partial charge in [0.25, 0.3) is 0 Å². The number of ether oxygens (including phenoxy) is 1. The van der Waals surface area contributed by atoms with E-state index < -0.39 is 0 Å². The summed E-state index contributed by atoms with van der Waals surface area (Å²) in [6, 6.07) is 0. The number of halogens is 1. The maximum atomic E-state index is 6.05. The first kappa shape index (κ1) is 18.3. The van der Waals surface area contributed by atoms with Crippen LogP contribution in [0.2, 0.25) is 0 Å². The Bertz CT molecular complexity index is 408.